The van der Waals surface area contributed by atoms with E-state index in [1.807, 2.05) is 91.9 Å². The fraction of sp³-hybridized carbons (Fsp3) is 0.167. The molecule has 0 spiro atoms. The van der Waals surface area contributed by atoms with Gasteiger partial charge < -0.3 is 14.0 Å². The number of carbonyl (C=O) groups excluding carboxylic acids is 1. The minimum absolute atomic E-state index is 0.0176. The lowest BCUT2D eigenvalue weighted by molar-refractivity contribution is -0.384. The van der Waals surface area contributed by atoms with Crippen molar-refractivity contribution < 1.29 is 19.2 Å². The van der Waals surface area contributed by atoms with Crippen LogP contribution in [0.4, 0.5) is 5.69 Å². The number of hydrogen-bond acceptors (Lipinski definition) is 8. The Morgan fingerprint density at radius 3 is 2.28 bits per heavy atom. The molecule has 0 N–H and O–H groups in total. The molecule has 1 atom stereocenters. The zero-order valence-electron chi connectivity index (χ0n) is 29.7. The Morgan fingerprint density at radius 2 is 1.65 bits per heavy atom. The molecule has 0 amide bonds. The highest BCUT2D eigenvalue weighted by Crippen LogP contribution is 2.39. The lowest BCUT2D eigenvalue weighted by atomic mass is 9.93. The average molecular weight is 804 g/mol. The molecule has 0 saturated heterocycles. The zero-order valence-corrected chi connectivity index (χ0v) is 32.1. The van der Waals surface area contributed by atoms with Crippen molar-refractivity contribution in [2.45, 2.75) is 32.7 Å². The van der Waals surface area contributed by atoms with Gasteiger partial charge in [-0.1, -0.05) is 101 Å². The lowest BCUT2D eigenvalue weighted by Gasteiger charge is -2.27. The monoisotopic (exact) mass is 802 g/mol. The van der Waals surface area contributed by atoms with E-state index in [0.717, 1.165) is 39.0 Å². The Balaban J connectivity index is 1.54. The normalized spacial score (nSPS) is 14.1. The van der Waals surface area contributed by atoms with Gasteiger partial charge in [0, 0.05) is 33.4 Å². The first-order valence-corrected chi connectivity index (χ1v) is 19.0. The van der Waals surface area contributed by atoms with Crippen molar-refractivity contribution in [1.82, 2.24) is 9.13 Å². The summed E-state index contributed by atoms with van der Waals surface area (Å²) in [5, 5.41) is 11.6. The van der Waals surface area contributed by atoms with Crippen LogP contribution in [-0.2, 0) is 9.53 Å². The summed E-state index contributed by atoms with van der Waals surface area (Å²) >= 11 is 4.84. The maximum Gasteiger partial charge on any atom is 0.338 e. The van der Waals surface area contributed by atoms with Crippen LogP contribution in [0.5, 0.6) is 5.75 Å². The van der Waals surface area contributed by atoms with Crippen LogP contribution in [-0.4, -0.2) is 33.7 Å². The van der Waals surface area contributed by atoms with E-state index in [2.05, 4.69) is 20.5 Å². The van der Waals surface area contributed by atoms with Gasteiger partial charge in [0.15, 0.2) is 4.80 Å². The molecule has 0 radical (unpaired) electrons. The Hall–Kier alpha value is -5.85. The van der Waals surface area contributed by atoms with E-state index in [4.69, 9.17) is 14.5 Å². The summed E-state index contributed by atoms with van der Waals surface area (Å²) in [7, 11) is 1.56. The third kappa shape index (κ3) is 6.85. The first kappa shape index (κ1) is 36.5. The van der Waals surface area contributed by atoms with Crippen LogP contribution in [0, 0.1) is 10.1 Å². The molecule has 1 aliphatic rings. The highest BCUT2D eigenvalue weighted by molar-refractivity contribution is 9.10. The largest absolute Gasteiger partial charge is 0.496 e. The molecule has 0 unspecified atom stereocenters. The number of benzene rings is 4. The number of nitrogens with zero attached hydrogens (tertiary/aromatic N) is 4. The number of ether oxygens (including phenoxy) is 2. The second-order valence-corrected chi connectivity index (χ2v) is 14.4. The van der Waals surface area contributed by atoms with Crippen molar-refractivity contribution in [3.05, 3.63) is 166 Å². The van der Waals surface area contributed by atoms with Crippen molar-refractivity contribution >= 4 is 45.0 Å². The minimum Gasteiger partial charge on any atom is -0.496 e. The summed E-state index contributed by atoms with van der Waals surface area (Å²) in [6.45, 7) is 3.92. The standard InChI is InChI=1S/C42H35BrN4O6S/c1-4-12-33-37(41(49)53-5-2)39(32-25-29(43)17-22-35(32)52-3)46-40(48)36(54-42(46)44-33)24-28-23-34(26-13-8-6-9-14-26)45(38(28)27-15-10-7-11-16-27)30-18-20-31(21-19-30)47(50)51/h6-11,13-25,39H,4-5,12H2,1-3H3/b36-24+/t39-/m1/s1. The van der Waals surface area contributed by atoms with Gasteiger partial charge in [-0.05, 0) is 66.9 Å². The van der Waals surface area contributed by atoms with Crippen LogP contribution in [0.1, 0.15) is 43.9 Å². The Morgan fingerprint density at radius 1 is 0.963 bits per heavy atom. The van der Waals surface area contributed by atoms with E-state index < -0.39 is 16.9 Å². The number of halogens is 1. The number of aromatic nitrogens is 2. The van der Waals surface area contributed by atoms with E-state index in [0.29, 0.717) is 44.0 Å². The average Bonchev–Trinajstić information content (AvgIpc) is 3.72. The van der Waals surface area contributed by atoms with E-state index in [9.17, 15) is 19.7 Å². The number of nitro benzene ring substituents is 1. The van der Waals surface area contributed by atoms with Crippen molar-refractivity contribution in [1.29, 1.82) is 0 Å². The molecule has 54 heavy (non-hydrogen) atoms. The van der Waals surface area contributed by atoms with Crippen molar-refractivity contribution in [2.24, 2.45) is 4.99 Å². The third-order valence-corrected chi connectivity index (χ3v) is 10.6. The summed E-state index contributed by atoms with van der Waals surface area (Å²) in [5.41, 5.74) is 6.01. The first-order valence-electron chi connectivity index (χ1n) is 17.4. The molecule has 0 aliphatic carbocycles. The minimum atomic E-state index is -0.866. The van der Waals surface area contributed by atoms with Crippen LogP contribution in [0.3, 0.4) is 0 Å². The van der Waals surface area contributed by atoms with Gasteiger partial charge in [-0.25, -0.2) is 9.79 Å². The summed E-state index contributed by atoms with van der Waals surface area (Å²) in [6, 6.07) is 32.8. The second-order valence-electron chi connectivity index (χ2n) is 12.5. The number of fused-ring (bicyclic) bond motifs is 1. The smallest absolute Gasteiger partial charge is 0.338 e. The van der Waals surface area contributed by atoms with E-state index in [1.165, 1.54) is 23.5 Å². The number of thiazole rings is 1. The van der Waals surface area contributed by atoms with Gasteiger partial charge in [-0.3, -0.25) is 19.5 Å². The number of hydrogen-bond donors (Lipinski definition) is 0. The molecule has 2 aromatic heterocycles. The lowest BCUT2D eigenvalue weighted by Crippen LogP contribution is -2.40. The summed E-state index contributed by atoms with van der Waals surface area (Å²) in [4.78, 5) is 45.2. The number of esters is 1. The molecular formula is C42H35BrN4O6S. The van der Waals surface area contributed by atoms with Gasteiger partial charge in [0.2, 0.25) is 0 Å². The topological polar surface area (TPSA) is 118 Å². The van der Waals surface area contributed by atoms with Crippen molar-refractivity contribution in [3.8, 4) is 34.0 Å². The third-order valence-electron chi connectivity index (χ3n) is 9.13. The van der Waals surface area contributed by atoms with Crippen LogP contribution in [0.2, 0.25) is 0 Å². The highest BCUT2D eigenvalue weighted by atomic mass is 79.9. The van der Waals surface area contributed by atoms with Gasteiger partial charge in [0.05, 0.1) is 45.8 Å². The quantitative estimate of drug-likeness (QED) is 0.0738. The molecule has 0 bridgehead atoms. The molecule has 0 saturated carbocycles. The van der Waals surface area contributed by atoms with E-state index >= 15 is 0 Å². The number of non-ortho nitro benzene ring substituents is 1. The highest BCUT2D eigenvalue weighted by Gasteiger charge is 2.36. The molecule has 4 aromatic carbocycles. The molecule has 0 fully saturated rings. The van der Waals surface area contributed by atoms with E-state index in [-0.39, 0.29) is 17.9 Å². The van der Waals surface area contributed by atoms with E-state index in [1.54, 1.807) is 36.8 Å². The number of allylic oxidation sites excluding steroid dienone is 1. The fourth-order valence-electron chi connectivity index (χ4n) is 6.82. The van der Waals surface area contributed by atoms with Gasteiger partial charge in [-0.2, -0.15) is 0 Å². The van der Waals surface area contributed by atoms with Crippen molar-refractivity contribution in [2.75, 3.05) is 13.7 Å². The van der Waals surface area contributed by atoms with Crippen LogP contribution in [0.25, 0.3) is 34.3 Å². The zero-order chi connectivity index (χ0) is 37.9. The van der Waals surface area contributed by atoms with Gasteiger partial charge >= 0.3 is 5.97 Å². The SMILES string of the molecule is CCCC1=C(C(=O)OCC)[C@@H](c2cc(Br)ccc2OC)n2c(s/c(=C/c3cc(-c4ccccc4)n(-c4ccc([N+](=O)[O-])cc4)c3-c3ccccc3)c2=O)=N1. The molecule has 272 valence electrons. The molecular weight excluding hydrogens is 768 g/mol. The fourth-order valence-corrected chi connectivity index (χ4v) is 8.21. The Bertz CT molecular complexity index is 2590. The maximum absolute atomic E-state index is 14.8. The Labute approximate surface area is 323 Å². The first-order chi connectivity index (χ1) is 26.2. The molecule has 10 nitrogen and oxygen atoms in total. The van der Waals surface area contributed by atoms with Gasteiger partial charge in [0.1, 0.15) is 11.8 Å². The summed E-state index contributed by atoms with van der Waals surface area (Å²) in [6.07, 6.45) is 3.09. The summed E-state index contributed by atoms with van der Waals surface area (Å²) < 4.78 is 16.2. The molecule has 7 rings (SSSR count). The van der Waals surface area contributed by atoms with Gasteiger partial charge in [0.25, 0.3) is 11.2 Å². The van der Waals surface area contributed by atoms with Crippen molar-refractivity contribution in [3.63, 3.8) is 0 Å². The summed E-state index contributed by atoms with van der Waals surface area (Å²) in [5.74, 6) is -0.0265. The number of carbonyl (C=O) groups is 1. The number of nitro groups is 1. The predicted octanol–water partition coefficient (Wildman–Crippen LogP) is 8.38. The van der Waals surface area contributed by atoms with Crippen LogP contribution in [0.15, 0.2) is 135 Å². The number of methoxy groups -OCH3 is 1. The molecule has 1 aliphatic heterocycles. The van der Waals surface area contributed by atoms with Crippen LogP contribution >= 0.6 is 27.3 Å². The molecule has 6 aromatic rings. The maximum atomic E-state index is 14.8. The molecule has 3 heterocycles. The second kappa shape index (κ2) is 15.6. The van der Waals surface area contributed by atoms with Gasteiger partial charge in [-0.15, -0.1) is 0 Å². The predicted molar refractivity (Wildman–Crippen MR) is 214 cm³/mol. The number of rotatable bonds is 11. The van der Waals surface area contributed by atoms with Crippen LogP contribution < -0.4 is 19.6 Å². The molecule has 12 heteroatoms. The Kier molecular flexibility index (Phi) is 10.6.